The van der Waals surface area contributed by atoms with Gasteiger partial charge in [0.2, 0.25) is 5.91 Å². The first-order valence-electron chi connectivity index (χ1n) is 8.47. The van der Waals surface area contributed by atoms with Crippen molar-refractivity contribution in [2.24, 2.45) is 0 Å². The van der Waals surface area contributed by atoms with Crippen LogP contribution in [-0.2, 0) is 11.3 Å². The SMILES string of the molecule is CN(Cc1ccoc1)C(=O)[C@@H]1C[C@H](NC(=O)c2cccc(Cl)c2)CN1C. The van der Waals surface area contributed by atoms with Crippen LogP contribution >= 0.6 is 11.6 Å². The van der Waals surface area contributed by atoms with Crippen LogP contribution < -0.4 is 5.32 Å². The Morgan fingerprint density at radius 2 is 2.19 bits per heavy atom. The molecule has 0 aliphatic carbocycles. The molecule has 26 heavy (non-hydrogen) atoms. The summed E-state index contributed by atoms with van der Waals surface area (Å²) >= 11 is 5.94. The fraction of sp³-hybridized carbons (Fsp3) is 0.368. The lowest BCUT2D eigenvalue weighted by Gasteiger charge is -2.24. The van der Waals surface area contributed by atoms with Gasteiger partial charge >= 0.3 is 0 Å². The van der Waals surface area contributed by atoms with Gasteiger partial charge in [-0.2, -0.15) is 0 Å². The molecule has 6 nitrogen and oxygen atoms in total. The molecule has 1 N–H and O–H groups in total. The second-order valence-electron chi connectivity index (χ2n) is 6.70. The van der Waals surface area contributed by atoms with E-state index in [0.29, 0.717) is 30.1 Å². The molecule has 2 amide bonds. The lowest BCUT2D eigenvalue weighted by Crippen LogP contribution is -2.42. The molecule has 0 spiro atoms. The van der Waals surface area contributed by atoms with Crippen LogP contribution in [0.1, 0.15) is 22.3 Å². The van der Waals surface area contributed by atoms with Crippen LogP contribution in [0.5, 0.6) is 0 Å². The number of hydrogen-bond donors (Lipinski definition) is 1. The van der Waals surface area contributed by atoms with Gasteiger partial charge in [-0.25, -0.2) is 0 Å². The molecule has 0 saturated carbocycles. The second kappa shape index (κ2) is 7.93. The molecule has 0 radical (unpaired) electrons. The number of carbonyl (C=O) groups is 2. The zero-order chi connectivity index (χ0) is 18.7. The van der Waals surface area contributed by atoms with Crippen molar-refractivity contribution >= 4 is 23.4 Å². The fourth-order valence-electron chi connectivity index (χ4n) is 3.28. The topological polar surface area (TPSA) is 65.8 Å². The maximum absolute atomic E-state index is 12.8. The maximum Gasteiger partial charge on any atom is 0.251 e. The largest absolute Gasteiger partial charge is 0.472 e. The van der Waals surface area contributed by atoms with Gasteiger partial charge in [0, 0.05) is 42.3 Å². The standard InChI is InChI=1S/C19H22ClN3O3/c1-22-11-16(21-18(24)14-4-3-5-15(20)8-14)9-17(22)19(25)23(2)10-13-6-7-26-12-13/h3-8,12,16-17H,9-11H2,1-2H3,(H,21,24)/t16-,17-/m0/s1. The summed E-state index contributed by atoms with van der Waals surface area (Å²) in [5, 5.41) is 3.52. The molecular weight excluding hydrogens is 354 g/mol. The highest BCUT2D eigenvalue weighted by Gasteiger charge is 2.36. The van der Waals surface area contributed by atoms with E-state index in [1.165, 1.54) is 0 Å². The van der Waals surface area contributed by atoms with E-state index in [9.17, 15) is 9.59 Å². The van der Waals surface area contributed by atoms with Crippen molar-refractivity contribution in [3.05, 3.63) is 59.0 Å². The van der Waals surface area contributed by atoms with Gasteiger partial charge in [0.25, 0.3) is 5.91 Å². The number of furan rings is 1. The van der Waals surface area contributed by atoms with Crippen molar-refractivity contribution in [3.8, 4) is 0 Å². The van der Waals surface area contributed by atoms with Crippen LogP contribution in [0.15, 0.2) is 47.3 Å². The molecule has 2 atom stereocenters. The van der Waals surface area contributed by atoms with E-state index in [0.717, 1.165) is 5.56 Å². The van der Waals surface area contributed by atoms with Crippen LogP contribution in [-0.4, -0.2) is 54.3 Å². The number of nitrogens with one attached hydrogen (secondary N) is 1. The fourth-order valence-corrected chi connectivity index (χ4v) is 3.47. The molecule has 0 unspecified atom stereocenters. The Bertz CT molecular complexity index is 778. The smallest absolute Gasteiger partial charge is 0.251 e. The first-order valence-corrected chi connectivity index (χ1v) is 8.84. The summed E-state index contributed by atoms with van der Waals surface area (Å²) in [6, 6.07) is 8.34. The predicted molar refractivity (Wildman–Crippen MR) is 98.9 cm³/mol. The van der Waals surface area contributed by atoms with Gasteiger partial charge in [-0.3, -0.25) is 14.5 Å². The lowest BCUT2D eigenvalue weighted by molar-refractivity contribution is -0.134. The molecule has 7 heteroatoms. The number of nitrogens with zero attached hydrogens (tertiary/aromatic N) is 2. The van der Waals surface area contributed by atoms with E-state index < -0.39 is 0 Å². The number of benzene rings is 1. The summed E-state index contributed by atoms with van der Waals surface area (Å²) < 4.78 is 5.05. The lowest BCUT2D eigenvalue weighted by atomic mass is 10.1. The average Bonchev–Trinajstić information content (AvgIpc) is 3.23. The van der Waals surface area contributed by atoms with Gasteiger partial charge in [-0.1, -0.05) is 17.7 Å². The van der Waals surface area contributed by atoms with Gasteiger partial charge in [-0.05, 0) is 37.7 Å². The van der Waals surface area contributed by atoms with Gasteiger partial charge in [0.05, 0.1) is 18.6 Å². The summed E-state index contributed by atoms with van der Waals surface area (Å²) in [5.41, 5.74) is 1.47. The normalized spacial score (nSPS) is 20.1. The highest BCUT2D eigenvalue weighted by atomic mass is 35.5. The third-order valence-electron chi connectivity index (χ3n) is 4.63. The Kier molecular flexibility index (Phi) is 5.64. The van der Waals surface area contributed by atoms with E-state index in [1.807, 2.05) is 18.0 Å². The molecule has 1 aromatic carbocycles. The summed E-state index contributed by atoms with van der Waals surface area (Å²) in [7, 11) is 3.68. The van der Waals surface area contributed by atoms with Crippen LogP contribution in [0.2, 0.25) is 5.02 Å². The van der Waals surface area contributed by atoms with Gasteiger partial charge in [0.15, 0.2) is 0 Å². The molecule has 138 valence electrons. The summed E-state index contributed by atoms with van der Waals surface area (Å²) in [6.07, 6.45) is 3.81. The molecule has 1 fully saturated rings. The number of carbonyl (C=O) groups excluding carboxylic acids is 2. The summed E-state index contributed by atoms with van der Waals surface area (Å²) in [4.78, 5) is 28.8. The Hall–Kier alpha value is -2.31. The van der Waals surface area contributed by atoms with Crippen LogP contribution in [0.4, 0.5) is 0 Å². The highest BCUT2D eigenvalue weighted by molar-refractivity contribution is 6.30. The average molecular weight is 376 g/mol. The first kappa shape index (κ1) is 18.5. The molecule has 1 aromatic heterocycles. The number of rotatable bonds is 5. The Morgan fingerprint density at radius 1 is 1.38 bits per heavy atom. The van der Waals surface area contributed by atoms with Gasteiger partial charge in [-0.15, -0.1) is 0 Å². The van der Waals surface area contributed by atoms with Crippen LogP contribution in [0, 0.1) is 0 Å². The molecule has 1 aliphatic rings. The third kappa shape index (κ3) is 4.26. The van der Waals surface area contributed by atoms with Crippen molar-refractivity contribution in [2.45, 2.75) is 25.0 Å². The number of hydrogen-bond acceptors (Lipinski definition) is 4. The Morgan fingerprint density at radius 3 is 2.88 bits per heavy atom. The quantitative estimate of drug-likeness (QED) is 0.871. The molecular formula is C19H22ClN3O3. The molecule has 1 saturated heterocycles. The number of halogens is 1. The molecule has 0 bridgehead atoms. The van der Waals surface area contributed by atoms with Crippen molar-refractivity contribution in [1.29, 1.82) is 0 Å². The second-order valence-corrected chi connectivity index (χ2v) is 7.13. The van der Waals surface area contributed by atoms with E-state index in [-0.39, 0.29) is 23.9 Å². The highest BCUT2D eigenvalue weighted by Crippen LogP contribution is 2.20. The van der Waals surface area contributed by atoms with Gasteiger partial charge in [0.1, 0.15) is 0 Å². The zero-order valence-electron chi connectivity index (χ0n) is 14.8. The van der Waals surface area contributed by atoms with E-state index >= 15 is 0 Å². The molecule has 2 aromatic rings. The zero-order valence-corrected chi connectivity index (χ0v) is 15.6. The molecule has 3 rings (SSSR count). The van der Waals surface area contributed by atoms with Crippen LogP contribution in [0.3, 0.4) is 0 Å². The van der Waals surface area contributed by atoms with E-state index in [2.05, 4.69) is 5.32 Å². The number of likely N-dealkylation sites (N-methyl/N-ethyl adjacent to an activating group) is 2. The summed E-state index contributed by atoms with van der Waals surface area (Å²) in [6.45, 7) is 1.13. The first-order chi connectivity index (χ1) is 12.4. The van der Waals surface area contributed by atoms with Crippen molar-refractivity contribution in [2.75, 3.05) is 20.6 Å². The monoisotopic (exact) mass is 375 g/mol. The Balaban J connectivity index is 1.58. The maximum atomic E-state index is 12.8. The molecule has 1 aliphatic heterocycles. The minimum Gasteiger partial charge on any atom is -0.472 e. The summed E-state index contributed by atoms with van der Waals surface area (Å²) in [5.74, 6) is -0.140. The predicted octanol–water partition coefficient (Wildman–Crippen LogP) is 2.39. The minimum atomic E-state index is -0.253. The van der Waals surface area contributed by atoms with Crippen molar-refractivity contribution in [3.63, 3.8) is 0 Å². The van der Waals surface area contributed by atoms with Crippen LogP contribution in [0.25, 0.3) is 0 Å². The van der Waals surface area contributed by atoms with E-state index in [4.69, 9.17) is 16.0 Å². The number of amides is 2. The van der Waals surface area contributed by atoms with E-state index in [1.54, 1.807) is 48.7 Å². The Labute approximate surface area is 157 Å². The number of likely N-dealkylation sites (tertiary alicyclic amines) is 1. The third-order valence-corrected chi connectivity index (χ3v) is 4.87. The minimum absolute atomic E-state index is 0.0354. The molecule has 2 heterocycles. The van der Waals surface area contributed by atoms with Crippen molar-refractivity contribution in [1.82, 2.24) is 15.1 Å². The van der Waals surface area contributed by atoms with Crippen molar-refractivity contribution < 1.29 is 14.0 Å². The van der Waals surface area contributed by atoms with Gasteiger partial charge < -0.3 is 14.6 Å².